The number of nitrogens with two attached hydrogens (primary N) is 1. The number of hydrogen-bond acceptors (Lipinski definition) is 4. The molecule has 0 saturated carbocycles. The van der Waals surface area contributed by atoms with Crippen molar-refractivity contribution < 1.29 is 9.47 Å². The van der Waals surface area contributed by atoms with E-state index in [1.807, 2.05) is 18.2 Å². The predicted octanol–water partition coefficient (Wildman–Crippen LogP) is 1.28. The number of nitrogens with zero attached hydrogens (tertiary/aromatic N) is 1. The average molecular weight is 222 g/mol. The molecule has 0 aromatic carbocycles. The van der Waals surface area contributed by atoms with Crippen molar-refractivity contribution in [2.75, 3.05) is 13.2 Å². The Morgan fingerprint density at radius 2 is 2.38 bits per heavy atom. The zero-order chi connectivity index (χ0) is 11.4. The first-order valence-electron chi connectivity index (χ1n) is 5.71. The maximum absolute atomic E-state index is 6.07. The van der Waals surface area contributed by atoms with Crippen molar-refractivity contribution in [1.82, 2.24) is 4.98 Å². The van der Waals surface area contributed by atoms with Gasteiger partial charge in [-0.25, -0.2) is 0 Å². The van der Waals surface area contributed by atoms with Gasteiger partial charge in [-0.15, -0.1) is 0 Å². The van der Waals surface area contributed by atoms with Gasteiger partial charge in [-0.05, 0) is 18.6 Å². The van der Waals surface area contributed by atoms with E-state index < -0.39 is 0 Å². The smallest absolute Gasteiger partial charge is 0.115 e. The molecule has 1 aliphatic heterocycles. The third kappa shape index (κ3) is 2.58. The van der Waals surface area contributed by atoms with Gasteiger partial charge in [-0.2, -0.15) is 0 Å². The Labute approximate surface area is 95.8 Å². The van der Waals surface area contributed by atoms with E-state index in [0.29, 0.717) is 13.2 Å². The summed E-state index contributed by atoms with van der Waals surface area (Å²) >= 11 is 0. The van der Waals surface area contributed by atoms with Gasteiger partial charge in [-0.1, -0.05) is 13.0 Å². The maximum Gasteiger partial charge on any atom is 0.115 e. The van der Waals surface area contributed by atoms with Crippen LogP contribution < -0.4 is 5.73 Å². The second-order valence-corrected chi connectivity index (χ2v) is 4.04. The molecule has 4 heteroatoms. The van der Waals surface area contributed by atoms with Gasteiger partial charge in [0.2, 0.25) is 0 Å². The van der Waals surface area contributed by atoms with Crippen molar-refractivity contribution in [2.24, 2.45) is 5.73 Å². The highest BCUT2D eigenvalue weighted by Crippen LogP contribution is 2.24. The molecule has 1 saturated heterocycles. The van der Waals surface area contributed by atoms with Crippen LogP contribution in [0.4, 0.5) is 0 Å². The lowest BCUT2D eigenvalue weighted by molar-refractivity contribution is -0.161. The van der Waals surface area contributed by atoms with Crippen LogP contribution in [0.2, 0.25) is 0 Å². The van der Waals surface area contributed by atoms with Gasteiger partial charge >= 0.3 is 0 Å². The molecule has 1 aromatic rings. The molecule has 0 aliphatic carbocycles. The quantitative estimate of drug-likeness (QED) is 0.815. The van der Waals surface area contributed by atoms with Crippen LogP contribution >= 0.6 is 0 Å². The molecule has 2 atom stereocenters. The predicted molar refractivity (Wildman–Crippen MR) is 60.9 cm³/mol. The van der Waals surface area contributed by atoms with Crippen molar-refractivity contribution in [3.05, 3.63) is 30.1 Å². The summed E-state index contributed by atoms with van der Waals surface area (Å²) in [6.07, 6.45) is 2.69. The molecule has 88 valence electrons. The molecule has 0 radical (unpaired) electrons. The molecule has 1 aliphatic rings. The van der Waals surface area contributed by atoms with Gasteiger partial charge in [0.1, 0.15) is 12.2 Å². The van der Waals surface area contributed by atoms with Crippen molar-refractivity contribution in [2.45, 2.75) is 31.6 Å². The fraction of sp³-hybridized carbons (Fsp3) is 0.583. The highest BCUT2D eigenvalue weighted by Gasteiger charge is 2.28. The van der Waals surface area contributed by atoms with Crippen LogP contribution in [-0.4, -0.2) is 30.3 Å². The zero-order valence-corrected chi connectivity index (χ0v) is 9.50. The second kappa shape index (κ2) is 5.39. The topological polar surface area (TPSA) is 57.4 Å². The third-order valence-electron chi connectivity index (χ3n) is 2.79. The molecule has 2 rings (SSSR count). The minimum absolute atomic E-state index is 0.0181. The normalized spacial score (nSPS) is 20.1. The van der Waals surface area contributed by atoms with Crippen LogP contribution in [0.3, 0.4) is 0 Å². The van der Waals surface area contributed by atoms with Gasteiger partial charge in [0, 0.05) is 12.2 Å². The highest BCUT2D eigenvalue weighted by atomic mass is 16.6. The van der Waals surface area contributed by atoms with E-state index in [0.717, 1.165) is 12.1 Å². The van der Waals surface area contributed by atoms with E-state index in [9.17, 15) is 0 Å². The molecule has 2 unspecified atom stereocenters. The molecule has 1 aromatic heterocycles. The van der Waals surface area contributed by atoms with Crippen LogP contribution in [0.25, 0.3) is 0 Å². The molecule has 4 nitrogen and oxygen atoms in total. The lowest BCUT2D eigenvalue weighted by Crippen LogP contribution is -2.41. The SMILES string of the molecule is CCC(N)C(OC1COC1)c1ccccn1. The largest absolute Gasteiger partial charge is 0.376 e. The Morgan fingerprint density at radius 3 is 2.88 bits per heavy atom. The number of ether oxygens (including phenoxy) is 2. The second-order valence-electron chi connectivity index (χ2n) is 4.04. The summed E-state index contributed by atoms with van der Waals surface area (Å²) in [5.74, 6) is 0. The van der Waals surface area contributed by atoms with E-state index in [1.165, 1.54) is 0 Å². The van der Waals surface area contributed by atoms with E-state index in [1.54, 1.807) is 6.20 Å². The summed E-state index contributed by atoms with van der Waals surface area (Å²) in [7, 11) is 0. The summed E-state index contributed by atoms with van der Waals surface area (Å²) in [6.45, 7) is 3.39. The van der Waals surface area contributed by atoms with Crippen molar-refractivity contribution in [3.63, 3.8) is 0 Å². The van der Waals surface area contributed by atoms with Gasteiger partial charge < -0.3 is 15.2 Å². The van der Waals surface area contributed by atoms with E-state index in [2.05, 4.69) is 11.9 Å². The molecule has 16 heavy (non-hydrogen) atoms. The molecule has 0 spiro atoms. The molecule has 0 amide bonds. The fourth-order valence-electron chi connectivity index (χ4n) is 1.65. The van der Waals surface area contributed by atoms with Gasteiger partial charge in [0.25, 0.3) is 0 Å². The number of aromatic nitrogens is 1. The minimum Gasteiger partial charge on any atom is -0.376 e. The Hall–Kier alpha value is -0.970. The standard InChI is InChI=1S/C12H18N2O2/c1-2-10(13)12(16-9-7-15-8-9)11-5-3-4-6-14-11/h3-6,9-10,12H,2,7-8,13H2,1H3. The molecular formula is C12H18N2O2. The number of rotatable bonds is 5. The Kier molecular flexibility index (Phi) is 3.88. The maximum atomic E-state index is 6.07. The van der Waals surface area contributed by atoms with Gasteiger partial charge in [0.15, 0.2) is 0 Å². The van der Waals surface area contributed by atoms with Crippen LogP contribution in [-0.2, 0) is 9.47 Å². The van der Waals surface area contributed by atoms with E-state index in [4.69, 9.17) is 15.2 Å². The van der Waals surface area contributed by atoms with Crippen LogP contribution in [0.1, 0.15) is 25.1 Å². The Balaban J connectivity index is 2.07. The van der Waals surface area contributed by atoms with Crippen LogP contribution in [0.15, 0.2) is 24.4 Å². The summed E-state index contributed by atoms with van der Waals surface area (Å²) in [6, 6.07) is 5.79. The summed E-state index contributed by atoms with van der Waals surface area (Å²) in [5.41, 5.74) is 6.98. The third-order valence-corrected chi connectivity index (χ3v) is 2.79. The summed E-state index contributed by atoms with van der Waals surface area (Å²) in [4.78, 5) is 4.31. The molecular weight excluding hydrogens is 204 g/mol. The fourth-order valence-corrected chi connectivity index (χ4v) is 1.65. The average Bonchev–Trinajstić information content (AvgIpc) is 2.28. The highest BCUT2D eigenvalue weighted by molar-refractivity contribution is 5.09. The number of pyridine rings is 1. The van der Waals surface area contributed by atoms with E-state index in [-0.39, 0.29) is 18.2 Å². The monoisotopic (exact) mass is 222 g/mol. The first kappa shape index (κ1) is 11.5. The van der Waals surface area contributed by atoms with Gasteiger partial charge in [-0.3, -0.25) is 4.98 Å². The summed E-state index contributed by atoms with van der Waals surface area (Å²) < 4.78 is 11.0. The van der Waals surface area contributed by atoms with Gasteiger partial charge in [0.05, 0.1) is 18.9 Å². The van der Waals surface area contributed by atoms with Crippen molar-refractivity contribution >= 4 is 0 Å². The Morgan fingerprint density at radius 1 is 1.56 bits per heavy atom. The summed E-state index contributed by atoms with van der Waals surface area (Å²) in [5, 5.41) is 0. The minimum atomic E-state index is -0.125. The van der Waals surface area contributed by atoms with Crippen LogP contribution in [0.5, 0.6) is 0 Å². The Bertz CT molecular complexity index is 314. The molecule has 1 fully saturated rings. The zero-order valence-electron chi connectivity index (χ0n) is 9.50. The van der Waals surface area contributed by atoms with Crippen molar-refractivity contribution in [3.8, 4) is 0 Å². The lowest BCUT2D eigenvalue weighted by Gasteiger charge is -2.32. The van der Waals surface area contributed by atoms with E-state index >= 15 is 0 Å². The molecule has 2 N–H and O–H groups in total. The molecule has 0 bridgehead atoms. The lowest BCUT2D eigenvalue weighted by atomic mass is 10.1. The number of hydrogen-bond donors (Lipinski definition) is 1. The molecule has 2 heterocycles. The van der Waals surface area contributed by atoms with Crippen molar-refractivity contribution in [1.29, 1.82) is 0 Å². The first-order valence-corrected chi connectivity index (χ1v) is 5.71. The van der Waals surface area contributed by atoms with Crippen LogP contribution in [0, 0.1) is 0 Å². The first-order chi connectivity index (χ1) is 7.81.